The third-order valence-electron chi connectivity index (χ3n) is 5.53. The lowest BCUT2D eigenvalue weighted by molar-refractivity contribution is -0.141. The van der Waals surface area contributed by atoms with E-state index >= 15 is 0 Å². The first-order chi connectivity index (χ1) is 16.3. The van der Waals surface area contributed by atoms with Crippen molar-refractivity contribution in [3.63, 3.8) is 0 Å². The summed E-state index contributed by atoms with van der Waals surface area (Å²) in [5.74, 6) is -0.175. The van der Waals surface area contributed by atoms with Crippen molar-refractivity contribution in [1.29, 1.82) is 0 Å². The molecule has 12 heteroatoms. The second-order valence-electron chi connectivity index (χ2n) is 7.86. The molecule has 1 aliphatic rings. The number of amides is 1. The van der Waals surface area contributed by atoms with E-state index in [2.05, 4.69) is 25.3 Å². The zero-order valence-corrected chi connectivity index (χ0v) is 17.9. The van der Waals surface area contributed by atoms with Crippen molar-refractivity contribution in [2.75, 3.05) is 6.54 Å². The zero-order valence-electron chi connectivity index (χ0n) is 17.9. The highest BCUT2D eigenvalue weighted by Crippen LogP contribution is 2.34. The Balaban J connectivity index is 1.45. The van der Waals surface area contributed by atoms with Gasteiger partial charge in [-0.3, -0.25) is 4.79 Å². The second kappa shape index (κ2) is 8.36. The number of carbonyl (C=O) groups excluding carboxylic acids is 1. The van der Waals surface area contributed by atoms with Crippen LogP contribution in [0, 0.1) is 6.92 Å². The van der Waals surface area contributed by atoms with Gasteiger partial charge in [0.1, 0.15) is 11.4 Å². The van der Waals surface area contributed by atoms with Crippen LogP contribution in [0.15, 0.2) is 53.3 Å². The molecule has 1 saturated heterocycles. The number of hydrogen-bond donors (Lipinski definition) is 0. The predicted octanol–water partition coefficient (Wildman–Crippen LogP) is 4.02. The third-order valence-corrected chi connectivity index (χ3v) is 5.53. The number of nitrogens with zero attached hydrogens (tertiary/aromatic N) is 7. The Morgan fingerprint density at radius 1 is 1.12 bits per heavy atom. The van der Waals surface area contributed by atoms with Crippen molar-refractivity contribution in [2.24, 2.45) is 0 Å². The summed E-state index contributed by atoms with van der Waals surface area (Å²) in [6.45, 7) is 2.35. The number of hydrogen-bond acceptors (Lipinski definition) is 7. The van der Waals surface area contributed by atoms with E-state index in [0.717, 1.165) is 11.6 Å². The number of benzene rings is 1. The molecule has 0 unspecified atom stereocenters. The maximum absolute atomic E-state index is 13.6. The summed E-state index contributed by atoms with van der Waals surface area (Å²) >= 11 is 0. The second-order valence-corrected chi connectivity index (χ2v) is 7.86. The first-order valence-electron chi connectivity index (χ1n) is 10.5. The van der Waals surface area contributed by atoms with Crippen molar-refractivity contribution < 1.29 is 22.5 Å². The van der Waals surface area contributed by atoms with Crippen LogP contribution in [0.5, 0.6) is 0 Å². The van der Waals surface area contributed by atoms with Crippen LogP contribution in [0.3, 0.4) is 0 Å². The van der Waals surface area contributed by atoms with Crippen LogP contribution in [0.2, 0.25) is 0 Å². The van der Waals surface area contributed by atoms with Crippen LogP contribution in [-0.4, -0.2) is 47.5 Å². The summed E-state index contributed by atoms with van der Waals surface area (Å²) in [6, 6.07) is 8.37. The maximum Gasteiger partial charge on any atom is 0.433 e. The fraction of sp³-hybridized carbons (Fsp3) is 0.273. The smallest absolute Gasteiger partial charge is 0.332 e. The molecule has 1 atom stereocenters. The van der Waals surface area contributed by atoms with Crippen LogP contribution in [0.1, 0.15) is 46.3 Å². The first kappa shape index (κ1) is 21.7. The Morgan fingerprint density at radius 3 is 2.68 bits per heavy atom. The van der Waals surface area contributed by atoms with Gasteiger partial charge in [0, 0.05) is 6.54 Å². The van der Waals surface area contributed by atoms with Gasteiger partial charge in [-0.15, -0.1) is 0 Å². The fourth-order valence-electron chi connectivity index (χ4n) is 3.95. The number of rotatable bonds is 4. The quantitative estimate of drug-likeness (QED) is 0.445. The Kier molecular flexibility index (Phi) is 5.34. The highest BCUT2D eigenvalue weighted by molar-refractivity contribution is 5.98. The highest BCUT2D eigenvalue weighted by atomic mass is 19.4. The molecule has 0 N–H and O–H groups in total. The minimum atomic E-state index is -4.59. The number of likely N-dealkylation sites (tertiary alicyclic amines) is 1. The van der Waals surface area contributed by atoms with Gasteiger partial charge in [-0.05, 0) is 44.0 Å². The number of alkyl halides is 3. The largest absolute Gasteiger partial charge is 0.433 e. The lowest BCUT2D eigenvalue weighted by Crippen LogP contribution is -2.32. The van der Waals surface area contributed by atoms with Gasteiger partial charge in [0.2, 0.25) is 0 Å². The molecular weight excluding hydrogens is 451 g/mol. The lowest BCUT2D eigenvalue weighted by atomic mass is 10.1. The molecule has 1 fully saturated rings. The molecule has 174 valence electrons. The summed E-state index contributed by atoms with van der Waals surface area (Å²) in [5, 5.41) is 12.2. The van der Waals surface area contributed by atoms with Crippen LogP contribution >= 0.6 is 0 Å². The van der Waals surface area contributed by atoms with Crippen molar-refractivity contribution in [2.45, 2.75) is 32.0 Å². The average molecular weight is 469 g/mol. The topological polar surface area (TPSA) is 103 Å². The first-order valence-corrected chi connectivity index (χ1v) is 10.5. The number of carbonyl (C=O) groups is 1. The van der Waals surface area contributed by atoms with Crippen molar-refractivity contribution in [3.8, 4) is 17.3 Å². The molecule has 1 amide bonds. The molecule has 4 heterocycles. The molecule has 34 heavy (non-hydrogen) atoms. The van der Waals surface area contributed by atoms with E-state index in [-0.39, 0.29) is 23.3 Å². The number of pyridine rings is 1. The van der Waals surface area contributed by atoms with Gasteiger partial charge in [-0.25, -0.2) is 4.98 Å². The number of aryl methyl sites for hydroxylation is 1. The Hall–Kier alpha value is -4.09. The van der Waals surface area contributed by atoms with E-state index in [1.807, 2.05) is 13.0 Å². The Labute approximate surface area is 191 Å². The van der Waals surface area contributed by atoms with Gasteiger partial charge in [0.25, 0.3) is 11.8 Å². The molecule has 0 aliphatic carbocycles. The van der Waals surface area contributed by atoms with Gasteiger partial charge in [0.05, 0.1) is 29.7 Å². The SMILES string of the molecule is Cc1ccc(-n2nccn2)c(C(=O)N2CCC[C@H]2c2noc(-c3cccc(C(F)(F)F)n3)n2)c1. The number of aromatic nitrogens is 6. The van der Waals surface area contributed by atoms with Gasteiger partial charge in [-0.1, -0.05) is 22.9 Å². The summed E-state index contributed by atoms with van der Waals surface area (Å²) < 4.78 is 44.3. The Morgan fingerprint density at radius 2 is 1.91 bits per heavy atom. The summed E-state index contributed by atoms with van der Waals surface area (Å²) in [7, 11) is 0. The van der Waals surface area contributed by atoms with Crippen LogP contribution in [-0.2, 0) is 6.18 Å². The van der Waals surface area contributed by atoms with E-state index < -0.39 is 17.9 Å². The van der Waals surface area contributed by atoms with Crippen molar-refractivity contribution >= 4 is 5.91 Å². The highest BCUT2D eigenvalue weighted by Gasteiger charge is 2.36. The van der Waals surface area contributed by atoms with E-state index in [1.165, 1.54) is 29.3 Å². The van der Waals surface area contributed by atoms with E-state index in [9.17, 15) is 18.0 Å². The lowest BCUT2D eigenvalue weighted by Gasteiger charge is -2.23. The zero-order chi connectivity index (χ0) is 23.9. The molecule has 0 spiro atoms. The van der Waals surface area contributed by atoms with Crippen molar-refractivity contribution in [3.05, 3.63) is 71.4 Å². The molecule has 1 aromatic carbocycles. The van der Waals surface area contributed by atoms with Crippen molar-refractivity contribution in [1.82, 2.24) is 35.0 Å². The standard InChI is InChI=1S/C22H18F3N7O2/c1-13-7-8-16(32-26-9-10-27-32)14(12-13)21(33)31-11-3-5-17(31)19-29-20(34-30-19)15-4-2-6-18(28-15)22(23,24)25/h2,4,6-10,12,17H,3,5,11H2,1H3/t17-/m0/s1. The minimum absolute atomic E-state index is 0.0878. The summed E-state index contributed by atoms with van der Waals surface area (Å²) in [5.41, 5.74) is 0.712. The Bertz CT molecular complexity index is 1330. The monoisotopic (exact) mass is 469 g/mol. The summed E-state index contributed by atoms with van der Waals surface area (Å²) in [6.07, 6.45) is -0.251. The molecule has 4 aromatic rings. The molecule has 9 nitrogen and oxygen atoms in total. The average Bonchev–Trinajstić information content (AvgIpc) is 3.59. The molecule has 1 aliphatic heterocycles. The van der Waals surface area contributed by atoms with E-state index in [0.29, 0.717) is 30.6 Å². The van der Waals surface area contributed by atoms with Crippen LogP contribution in [0.4, 0.5) is 13.2 Å². The van der Waals surface area contributed by atoms with Gasteiger partial charge in [-0.2, -0.15) is 33.1 Å². The normalized spacial score (nSPS) is 16.2. The molecular formula is C22H18F3N7O2. The van der Waals surface area contributed by atoms with Crippen LogP contribution in [0.25, 0.3) is 17.3 Å². The van der Waals surface area contributed by atoms with Gasteiger partial charge >= 0.3 is 6.18 Å². The molecule has 0 saturated carbocycles. The minimum Gasteiger partial charge on any atom is -0.332 e. The van der Waals surface area contributed by atoms with Crippen LogP contribution < -0.4 is 0 Å². The van der Waals surface area contributed by atoms with E-state index in [4.69, 9.17) is 4.52 Å². The molecule has 0 radical (unpaired) electrons. The third kappa shape index (κ3) is 4.02. The fourth-order valence-corrected chi connectivity index (χ4v) is 3.95. The summed E-state index contributed by atoms with van der Waals surface area (Å²) in [4.78, 5) is 24.4. The predicted molar refractivity (Wildman–Crippen MR) is 112 cm³/mol. The maximum atomic E-state index is 13.6. The number of halogens is 3. The molecule has 5 rings (SSSR count). The van der Waals surface area contributed by atoms with E-state index in [1.54, 1.807) is 17.0 Å². The van der Waals surface area contributed by atoms with Gasteiger partial charge in [0.15, 0.2) is 5.82 Å². The molecule has 3 aromatic heterocycles. The van der Waals surface area contributed by atoms with Gasteiger partial charge < -0.3 is 9.42 Å². The molecule has 0 bridgehead atoms.